The Morgan fingerprint density at radius 1 is 1.31 bits per heavy atom. The fourth-order valence-electron chi connectivity index (χ4n) is 2.77. The largest absolute Gasteiger partial charge is 0.481 e. The Labute approximate surface area is 157 Å². The Bertz CT molecular complexity index is 662. The number of nitrogens with one attached hydrogen (secondary N) is 1. The number of hydrogen-bond acceptors (Lipinski definition) is 4. The van der Waals surface area contributed by atoms with Gasteiger partial charge in [0.15, 0.2) is 0 Å². The minimum Gasteiger partial charge on any atom is -0.481 e. The van der Waals surface area contributed by atoms with Gasteiger partial charge in [0.2, 0.25) is 5.91 Å². The van der Waals surface area contributed by atoms with Crippen LogP contribution in [0.3, 0.4) is 0 Å². The Balaban J connectivity index is 2.05. The number of carboxylic acids is 1. The van der Waals surface area contributed by atoms with Gasteiger partial charge < -0.3 is 20.1 Å². The van der Waals surface area contributed by atoms with E-state index in [2.05, 4.69) is 5.32 Å². The number of carbonyl (C=O) groups is 3. The van der Waals surface area contributed by atoms with Crippen molar-refractivity contribution in [3.8, 4) is 0 Å². The Morgan fingerprint density at radius 2 is 1.96 bits per heavy atom. The van der Waals surface area contributed by atoms with Crippen LogP contribution < -0.4 is 5.32 Å². The van der Waals surface area contributed by atoms with E-state index in [1.807, 2.05) is 13.8 Å². The number of hydrogen-bond donors (Lipinski definition) is 2. The van der Waals surface area contributed by atoms with Crippen molar-refractivity contribution >= 4 is 29.4 Å². The second-order valence-electron chi connectivity index (χ2n) is 6.58. The molecule has 1 aliphatic heterocycles. The monoisotopic (exact) mass is 382 g/mol. The molecule has 0 aromatic heterocycles. The summed E-state index contributed by atoms with van der Waals surface area (Å²) >= 11 is 5.83. The summed E-state index contributed by atoms with van der Waals surface area (Å²) in [5.41, 5.74) is 0.415. The lowest BCUT2D eigenvalue weighted by molar-refractivity contribution is -0.149. The molecular weight excluding hydrogens is 360 g/mol. The molecule has 1 saturated heterocycles. The summed E-state index contributed by atoms with van der Waals surface area (Å²) in [5, 5.41) is 12.2. The van der Waals surface area contributed by atoms with Crippen LogP contribution in [0.4, 0.5) is 0 Å². The van der Waals surface area contributed by atoms with Gasteiger partial charge in [0.1, 0.15) is 6.04 Å². The second-order valence-corrected chi connectivity index (χ2v) is 7.01. The summed E-state index contributed by atoms with van der Waals surface area (Å²) < 4.78 is 5.40. The van der Waals surface area contributed by atoms with Gasteiger partial charge in [-0.25, -0.2) is 0 Å². The van der Waals surface area contributed by atoms with E-state index in [4.69, 9.17) is 21.4 Å². The maximum absolute atomic E-state index is 12.9. The number of morpholine rings is 1. The molecule has 1 aromatic rings. The Kier molecular flexibility index (Phi) is 6.99. The average Bonchev–Trinajstić information content (AvgIpc) is 2.59. The number of benzene rings is 1. The molecule has 0 bridgehead atoms. The zero-order valence-corrected chi connectivity index (χ0v) is 15.5. The lowest BCUT2D eigenvalue weighted by Gasteiger charge is -2.35. The lowest BCUT2D eigenvalue weighted by Crippen LogP contribution is -2.55. The van der Waals surface area contributed by atoms with Crippen LogP contribution in [0.5, 0.6) is 0 Å². The third-order valence-electron chi connectivity index (χ3n) is 4.18. The molecule has 0 spiro atoms. The van der Waals surface area contributed by atoms with Gasteiger partial charge in [-0.2, -0.15) is 0 Å². The Hall–Kier alpha value is -2.12. The van der Waals surface area contributed by atoms with Crippen molar-refractivity contribution in [1.82, 2.24) is 10.2 Å². The summed E-state index contributed by atoms with van der Waals surface area (Å²) in [6.07, 6.45) is -0.697. The minimum absolute atomic E-state index is 0.125. The standard InChI is InChI=1S/C18H23ClN2O5/c1-11(2)16(20-17(24)12-3-5-13(19)6-4-12)18(25)21-7-8-26-14(10-21)9-15(22)23/h3-6,11,14,16H,7-10H2,1-2H3,(H,20,24)(H,22,23). The number of nitrogens with zero attached hydrogens (tertiary/aromatic N) is 1. The molecule has 0 saturated carbocycles. The molecule has 2 rings (SSSR count). The molecule has 7 nitrogen and oxygen atoms in total. The fourth-order valence-corrected chi connectivity index (χ4v) is 2.90. The molecule has 2 N–H and O–H groups in total. The smallest absolute Gasteiger partial charge is 0.306 e. The number of ether oxygens (including phenoxy) is 1. The number of halogens is 1. The van der Waals surface area contributed by atoms with Crippen LogP contribution in [0.15, 0.2) is 24.3 Å². The molecule has 0 radical (unpaired) electrons. The zero-order chi connectivity index (χ0) is 19.3. The van der Waals surface area contributed by atoms with Gasteiger partial charge in [0.05, 0.1) is 19.1 Å². The maximum atomic E-state index is 12.9. The van der Waals surface area contributed by atoms with Crippen LogP contribution in [-0.4, -0.2) is 59.6 Å². The van der Waals surface area contributed by atoms with E-state index in [1.165, 1.54) is 0 Å². The highest BCUT2D eigenvalue weighted by Gasteiger charge is 2.32. The van der Waals surface area contributed by atoms with Gasteiger partial charge in [0, 0.05) is 23.7 Å². The third-order valence-corrected chi connectivity index (χ3v) is 4.43. The molecule has 1 aliphatic rings. The molecule has 142 valence electrons. The molecule has 2 atom stereocenters. The van der Waals surface area contributed by atoms with Crippen LogP contribution in [0.1, 0.15) is 30.6 Å². The number of aliphatic carboxylic acids is 1. The third kappa shape index (κ3) is 5.44. The first-order valence-corrected chi connectivity index (χ1v) is 8.84. The first kappa shape index (κ1) is 20.2. The van der Waals surface area contributed by atoms with Crippen LogP contribution in [0.25, 0.3) is 0 Å². The first-order valence-electron chi connectivity index (χ1n) is 8.46. The van der Waals surface area contributed by atoms with Crippen molar-refractivity contribution in [1.29, 1.82) is 0 Å². The van der Waals surface area contributed by atoms with E-state index in [-0.39, 0.29) is 37.3 Å². The van der Waals surface area contributed by atoms with E-state index in [0.717, 1.165) is 0 Å². The van der Waals surface area contributed by atoms with Crippen molar-refractivity contribution in [3.63, 3.8) is 0 Å². The zero-order valence-electron chi connectivity index (χ0n) is 14.8. The molecule has 2 unspecified atom stereocenters. The van der Waals surface area contributed by atoms with Crippen molar-refractivity contribution in [3.05, 3.63) is 34.9 Å². The van der Waals surface area contributed by atoms with Crippen LogP contribution in [-0.2, 0) is 14.3 Å². The van der Waals surface area contributed by atoms with Gasteiger partial charge in [-0.3, -0.25) is 14.4 Å². The normalized spacial score (nSPS) is 18.5. The predicted molar refractivity (Wildman–Crippen MR) is 96.1 cm³/mol. The van der Waals surface area contributed by atoms with Crippen molar-refractivity contribution in [2.75, 3.05) is 19.7 Å². The highest BCUT2D eigenvalue weighted by atomic mass is 35.5. The van der Waals surface area contributed by atoms with Gasteiger partial charge in [-0.05, 0) is 30.2 Å². The van der Waals surface area contributed by atoms with E-state index in [9.17, 15) is 14.4 Å². The van der Waals surface area contributed by atoms with Crippen molar-refractivity contribution in [2.24, 2.45) is 5.92 Å². The molecule has 0 aliphatic carbocycles. The van der Waals surface area contributed by atoms with Crippen LogP contribution in [0.2, 0.25) is 5.02 Å². The minimum atomic E-state index is -0.972. The van der Waals surface area contributed by atoms with Gasteiger partial charge >= 0.3 is 5.97 Å². The summed E-state index contributed by atoms with van der Waals surface area (Å²) in [6, 6.07) is 5.71. The van der Waals surface area contributed by atoms with Gasteiger partial charge in [-0.1, -0.05) is 25.4 Å². The summed E-state index contributed by atoms with van der Waals surface area (Å²) in [4.78, 5) is 37.7. The van der Waals surface area contributed by atoms with Gasteiger partial charge in [-0.15, -0.1) is 0 Å². The topological polar surface area (TPSA) is 95.9 Å². The Morgan fingerprint density at radius 3 is 2.54 bits per heavy atom. The average molecular weight is 383 g/mol. The molecule has 2 amide bonds. The number of rotatable bonds is 6. The van der Waals surface area contributed by atoms with E-state index < -0.39 is 18.1 Å². The first-order chi connectivity index (χ1) is 12.3. The summed E-state index contributed by atoms with van der Waals surface area (Å²) in [6.45, 7) is 4.54. The quantitative estimate of drug-likeness (QED) is 0.782. The number of carboxylic acid groups (broad SMARTS) is 1. The maximum Gasteiger partial charge on any atom is 0.306 e. The lowest BCUT2D eigenvalue weighted by atomic mass is 10.0. The molecule has 1 aromatic carbocycles. The SMILES string of the molecule is CC(C)C(NC(=O)c1ccc(Cl)cc1)C(=O)N1CCOC(CC(=O)O)C1. The molecule has 1 fully saturated rings. The summed E-state index contributed by atoms with van der Waals surface area (Å²) in [7, 11) is 0. The molecule has 1 heterocycles. The predicted octanol–water partition coefficient (Wildman–Crippen LogP) is 1.80. The summed E-state index contributed by atoms with van der Waals surface area (Å²) in [5.74, 6) is -1.69. The van der Waals surface area contributed by atoms with Crippen molar-refractivity contribution < 1.29 is 24.2 Å². The molecule has 26 heavy (non-hydrogen) atoms. The van der Waals surface area contributed by atoms with Crippen LogP contribution >= 0.6 is 11.6 Å². The van der Waals surface area contributed by atoms with E-state index >= 15 is 0 Å². The van der Waals surface area contributed by atoms with Crippen LogP contribution in [0, 0.1) is 5.92 Å². The highest BCUT2D eigenvalue weighted by molar-refractivity contribution is 6.30. The second kappa shape index (κ2) is 9.00. The van der Waals surface area contributed by atoms with E-state index in [0.29, 0.717) is 17.1 Å². The molecule has 8 heteroatoms. The fraction of sp³-hybridized carbons (Fsp3) is 0.500. The van der Waals surface area contributed by atoms with Crippen molar-refractivity contribution in [2.45, 2.75) is 32.4 Å². The highest BCUT2D eigenvalue weighted by Crippen LogP contribution is 2.15. The number of amides is 2. The molecular formula is C18H23ClN2O5. The van der Waals surface area contributed by atoms with Gasteiger partial charge in [0.25, 0.3) is 5.91 Å². The van der Waals surface area contributed by atoms with E-state index in [1.54, 1.807) is 29.2 Å². The number of carbonyl (C=O) groups excluding carboxylic acids is 2.